The summed E-state index contributed by atoms with van der Waals surface area (Å²) >= 11 is 5.83. The highest BCUT2D eigenvalue weighted by Crippen LogP contribution is 2.16. The molecule has 1 aromatic heterocycles. The lowest BCUT2D eigenvalue weighted by Gasteiger charge is -2.08. The van der Waals surface area contributed by atoms with Crippen LogP contribution < -0.4 is 10.6 Å². The number of carbonyl (C=O) groups is 1. The van der Waals surface area contributed by atoms with Gasteiger partial charge in [-0.3, -0.25) is 4.79 Å². The standard InChI is InChI=1S/C10H14ClN3O/c1-7(2)13-6-9(15)14-10-8(11)4-3-5-12-10/h3-5,7,13H,6H2,1-2H3,(H,12,14,15). The van der Waals surface area contributed by atoms with Gasteiger partial charge < -0.3 is 10.6 Å². The van der Waals surface area contributed by atoms with Crippen molar-refractivity contribution in [1.29, 1.82) is 0 Å². The van der Waals surface area contributed by atoms with Gasteiger partial charge in [-0.1, -0.05) is 25.4 Å². The Labute approximate surface area is 94.0 Å². The van der Waals surface area contributed by atoms with Gasteiger partial charge in [0.1, 0.15) is 0 Å². The molecule has 0 aliphatic rings. The summed E-state index contributed by atoms with van der Waals surface area (Å²) in [4.78, 5) is 15.4. The molecule has 0 unspecified atom stereocenters. The van der Waals surface area contributed by atoms with Crippen molar-refractivity contribution in [3.05, 3.63) is 23.4 Å². The van der Waals surface area contributed by atoms with E-state index >= 15 is 0 Å². The molecule has 0 aromatic carbocycles. The van der Waals surface area contributed by atoms with Crippen molar-refractivity contribution in [3.8, 4) is 0 Å². The van der Waals surface area contributed by atoms with Crippen molar-refractivity contribution < 1.29 is 4.79 Å². The molecule has 1 rings (SSSR count). The molecule has 0 saturated heterocycles. The fourth-order valence-electron chi connectivity index (χ4n) is 0.951. The summed E-state index contributed by atoms with van der Waals surface area (Å²) < 4.78 is 0. The third-order valence-electron chi connectivity index (χ3n) is 1.69. The number of rotatable bonds is 4. The normalized spacial score (nSPS) is 10.4. The highest BCUT2D eigenvalue weighted by Gasteiger charge is 2.06. The predicted molar refractivity (Wildman–Crippen MR) is 61.0 cm³/mol. The number of hydrogen-bond donors (Lipinski definition) is 2. The van der Waals surface area contributed by atoms with Crippen LogP contribution >= 0.6 is 11.6 Å². The van der Waals surface area contributed by atoms with E-state index in [-0.39, 0.29) is 18.5 Å². The lowest BCUT2D eigenvalue weighted by atomic mass is 10.4. The second kappa shape index (κ2) is 5.68. The second-order valence-corrected chi connectivity index (χ2v) is 3.82. The molecule has 5 heteroatoms. The van der Waals surface area contributed by atoms with Crippen LogP contribution in [0.5, 0.6) is 0 Å². The number of anilines is 1. The van der Waals surface area contributed by atoms with Gasteiger partial charge >= 0.3 is 0 Å². The van der Waals surface area contributed by atoms with Gasteiger partial charge in [-0.15, -0.1) is 0 Å². The fourth-order valence-corrected chi connectivity index (χ4v) is 1.12. The molecule has 0 spiro atoms. The van der Waals surface area contributed by atoms with E-state index in [9.17, 15) is 4.79 Å². The van der Waals surface area contributed by atoms with E-state index in [4.69, 9.17) is 11.6 Å². The fraction of sp³-hybridized carbons (Fsp3) is 0.400. The zero-order valence-electron chi connectivity index (χ0n) is 8.75. The van der Waals surface area contributed by atoms with Crippen LogP contribution in [0.15, 0.2) is 18.3 Å². The van der Waals surface area contributed by atoms with Crippen LogP contribution in [0.25, 0.3) is 0 Å². The van der Waals surface area contributed by atoms with Gasteiger partial charge in [-0.25, -0.2) is 4.98 Å². The molecule has 0 aliphatic heterocycles. The van der Waals surface area contributed by atoms with Crippen LogP contribution in [0.1, 0.15) is 13.8 Å². The first-order valence-corrected chi connectivity index (χ1v) is 5.11. The summed E-state index contributed by atoms with van der Waals surface area (Å²) in [5.74, 6) is 0.249. The Morgan fingerprint density at radius 3 is 2.93 bits per heavy atom. The Morgan fingerprint density at radius 1 is 1.60 bits per heavy atom. The molecule has 2 N–H and O–H groups in total. The molecule has 4 nitrogen and oxygen atoms in total. The minimum Gasteiger partial charge on any atom is -0.308 e. The molecular formula is C10H14ClN3O. The smallest absolute Gasteiger partial charge is 0.239 e. The first kappa shape index (κ1) is 11.9. The number of pyridine rings is 1. The van der Waals surface area contributed by atoms with Crippen molar-refractivity contribution >= 4 is 23.3 Å². The molecule has 0 aliphatic carbocycles. The number of nitrogens with one attached hydrogen (secondary N) is 2. The monoisotopic (exact) mass is 227 g/mol. The van der Waals surface area contributed by atoms with Crippen LogP contribution in [0.4, 0.5) is 5.82 Å². The second-order valence-electron chi connectivity index (χ2n) is 3.42. The summed E-state index contributed by atoms with van der Waals surface area (Å²) in [5.41, 5.74) is 0. The van der Waals surface area contributed by atoms with Crippen LogP contribution in [-0.2, 0) is 4.79 Å². The van der Waals surface area contributed by atoms with Crippen molar-refractivity contribution in [2.75, 3.05) is 11.9 Å². The molecule has 82 valence electrons. The molecule has 0 bridgehead atoms. The third-order valence-corrected chi connectivity index (χ3v) is 1.99. The largest absolute Gasteiger partial charge is 0.308 e. The highest BCUT2D eigenvalue weighted by atomic mass is 35.5. The maximum absolute atomic E-state index is 11.4. The summed E-state index contributed by atoms with van der Waals surface area (Å²) in [7, 11) is 0. The number of halogens is 1. The topological polar surface area (TPSA) is 54.0 Å². The maximum Gasteiger partial charge on any atom is 0.239 e. The number of nitrogens with zero attached hydrogens (tertiary/aromatic N) is 1. The van der Waals surface area contributed by atoms with Crippen LogP contribution in [0, 0.1) is 0 Å². The highest BCUT2D eigenvalue weighted by molar-refractivity contribution is 6.33. The van der Waals surface area contributed by atoms with Gasteiger partial charge in [0.2, 0.25) is 5.91 Å². The molecule has 1 heterocycles. The Balaban J connectivity index is 2.48. The zero-order valence-corrected chi connectivity index (χ0v) is 9.51. The molecule has 0 saturated carbocycles. The molecular weight excluding hydrogens is 214 g/mol. The maximum atomic E-state index is 11.4. The van der Waals surface area contributed by atoms with Crippen LogP contribution in [-0.4, -0.2) is 23.5 Å². The minimum atomic E-state index is -0.149. The molecule has 0 radical (unpaired) electrons. The molecule has 0 atom stereocenters. The SMILES string of the molecule is CC(C)NCC(=O)Nc1ncccc1Cl. The van der Waals surface area contributed by atoms with E-state index in [0.29, 0.717) is 10.8 Å². The first-order valence-electron chi connectivity index (χ1n) is 4.73. The number of amides is 1. The van der Waals surface area contributed by atoms with Gasteiger partial charge in [0.25, 0.3) is 0 Å². The Kier molecular flexibility index (Phi) is 4.52. The number of aromatic nitrogens is 1. The predicted octanol–water partition coefficient (Wildman–Crippen LogP) is 1.67. The van der Waals surface area contributed by atoms with Gasteiger partial charge in [0.15, 0.2) is 5.82 Å². The Morgan fingerprint density at radius 2 is 2.33 bits per heavy atom. The molecule has 15 heavy (non-hydrogen) atoms. The first-order chi connectivity index (χ1) is 7.09. The van der Waals surface area contributed by atoms with Crippen molar-refractivity contribution in [1.82, 2.24) is 10.3 Å². The molecule has 0 fully saturated rings. The van der Waals surface area contributed by atoms with Crippen LogP contribution in [0.2, 0.25) is 5.02 Å². The summed E-state index contributed by atoms with van der Waals surface area (Å²) in [6.07, 6.45) is 1.58. The number of carbonyl (C=O) groups excluding carboxylic acids is 1. The third kappa shape index (κ3) is 4.27. The minimum absolute atomic E-state index is 0.149. The van der Waals surface area contributed by atoms with E-state index in [0.717, 1.165) is 0 Å². The van der Waals surface area contributed by atoms with E-state index in [1.54, 1.807) is 18.3 Å². The number of hydrogen-bond acceptors (Lipinski definition) is 3. The summed E-state index contributed by atoms with van der Waals surface area (Å²) in [5, 5.41) is 6.06. The van der Waals surface area contributed by atoms with Crippen molar-refractivity contribution in [2.45, 2.75) is 19.9 Å². The van der Waals surface area contributed by atoms with Crippen LogP contribution in [0.3, 0.4) is 0 Å². The average Bonchev–Trinajstić information content (AvgIpc) is 2.18. The summed E-state index contributed by atoms with van der Waals surface area (Å²) in [6, 6.07) is 3.67. The van der Waals surface area contributed by atoms with Gasteiger partial charge in [0, 0.05) is 12.2 Å². The van der Waals surface area contributed by atoms with E-state index in [2.05, 4.69) is 15.6 Å². The van der Waals surface area contributed by atoms with Crippen molar-refractivity contribution in [2.24, 2.45) is 0 Å². The van der Waals surface area contributed by atoms with Gasteiger partial charge in [0.05, 0.1) is 11.6 Å². The Bertz CT molecular complexity index is 341. The quantitative estimate of drug-likeness (QED) is 0.823. The van der Waals surface area contributed by atoms with Crippen molar-refractivity contribution in [3.63, 3.8) is 0 Å². The molecule has 1 aromatic rings. The van der Waals surface area contributed by atoms with E-state index in [1.807, 2.05) is 13.8 Å². The van der Waals surface area contributed by atoms with Gasteiger partial charge in [-0.05, 0) is 12.1 Å². The Hall–Kier alpha value is -1.13. The lowest BCUT2D eigenvalue weighted by Crippen LogP contribution is -2.32. The van der Waals surface area contributed by atoms with Gasteiger partial charge in [-0.2, -0.15) is 0 Å². The van der Waals surface area contributed by atoms with E-state index in [1.165, 1.54) is 0 Å². The zero-order chi connectivity index (χ0) is 11.3. The lowest BCUT2D eigenvalue weighted by molar-refractivity contribution is -0.115. The average molecular weight is 228 g/mol. The van der Waals surface area contributed by atoms with E-state index < -0.39 is 0 Å². The summed E-state index contributed by atoms with van der Waals surface area (Å²) in [6.45, 7) is 4.20. The molecule has 1 amide bonds.